The largest absolute Gasteiger partial charge is 0.412 e. The Morgan fingerprint density at radius 2 is 1.80 bits per heavy atom. The lowest BCUT2D eigenvalue weighted by molar-refractivity contribution is 0.102. The van der Waals surface area contributed by atoms with Crippen LogP contribution in [0.25, 0.3) is 0 Å². The lowest BCUT2D eigenvalue weighted by Gasteiger charge is -2.04. The fraction of sp³-hybridized carbons (Fsp3) is 0.583. The van der Waals surface area contributed by atoms with E-state index in [4.69, 9.17) is 5.11 Å². The van der Waals surface area contributed by atoms with Crippen molar-refractivity contribution in [3.63, 3.8) is 0 Å². The summed E-state index contributed by atoms with van der Waals surface area (Å²) >= 11 is 0. The Kier molecular flexibility index (Phi) is 8.11. The summed E-state index contributed by atoms with van der Waals surface area (Å²) in [7, 11) is 0. The van der Waals surface area contributed by atoms with Gasteiger partial charge in [0.25, 0.3) is 0 Å². The lowest BCUT2D eigenvalue weighted by Crippen LogP contribution is -2.10. The van der Waals surface area contributed by atoms with E-state index >= 15 is 0 Å². The minimum atomic E-state index is -0.500. The van der Waals surface area contributed by atoms with E-state index in [-0.39, 0.29) is 5.48 Å². The summed E-state index contributed by atoms with van der Waals surface area (Å²) in [6.45, 7) is 9.44. The molecule has 0 aliphatic heterocycles. The molecule has 0 saturated heterocycles. The monoisotopic (exact) mass is 213 g/mol. The van der Waals surface area contributed by atoms with Gasteiger partial charge in [0.05, 0.1) is 5.60 Å². The molecule has 1 aromatic rings. The van der Waals surface area contributed by atoms with Crippen molar-refractivity contribution in [1.82, 2.24) is 4.98 Å². The van der Waals surface area contributed by atoms with E-state index in [0.717, 1.165) is 6.42 Å². The molecule has 0 unspecified atom stereocenters. The SMILES string of the molecule is CC(C)(C)O.CCc1ncccc1C.O. The molecule has 0 saturated carbocycles. The van der Waals surface area contributed by atoms with E-state index < -0.39 is 5.60 Å². The maximum Gasteiger partial charge on any atom is 0.0563 e. The van der Waals surface area contributed by atoms with Gasteiger partial charge in [-0.05, 0) is 45.7 Å². The molecule has 15 heavy (non-hydrogen) atoms. The van der Waals surface area contributed by atoms with Crippen LogP contribution in [0.5, 0.6) is 0 Å². The standard InChI is InChI=1S/C8H11N.C4H10O.H2O/c1-3-8-7(2)5-4-6-9-8;1-4(2,3)5;/h4-6H,3H2,1-2H3;5H,1-3H3;1H2. The molecule has 0 bridgehead atoms. The van der Waals surface area contributed by atoms with Crippen LogP contribution in [0, 0.1) is 6.92 Å². The highest BCUT2D eigenvalue weighted by Crippen LogP contribution is 2.02. The van der Waals surface area contributed by atoms with Crippen molar-refractivity contribution < 1.29 is 10.6 Å². The lowest BCUT2D eigenvalue weighted by atomic mass is 10.2. The topological polar surface area (TPSA) is 64.6 Å². The van der Waals surface area contributed by atoms with Gasteiger partial charge in [-0.15, -0.1) is 0 Å². The number of pyridine rings is 1. The van der Waals surface area contributed by atoms with Crippen molar-refractivity contribution in [2.75, 3.05) is 0 Å². The number of aromatic nitrogens is 1. The van der Waals surface area contributed by atoms with Crippen LogP contribution < -0.4 is 0 Å². The molecule has 1 heterocycles. The zero-order valence-corrected chi connectivity index (χ0v) is 10.3. The van der Waals surface area contributed by atoms with Crippen molar-refractivity contribution in [3.8, 4) is 0 Å². The predicted molar refractivity (Wildman–Crippen MR) is 63.9 cm³/mol. The Hall–Kier alpha value is -0.930. The molecule has 0 spiro atoms. The highest BCUT2D eigenvalue weighted by Gasteiger charge is 1.97. The van der Waals surface area contributed by atoms with Gasteiger partial charge in [-0.2, -0.15) is 0 Å². The Labute approximate surface area is 92.5 Å². The van der Waals surface area contributed by atoms with Gasteiger partial charge in [0, 0.05) is 11.9 Å². The molecule has 0 atom stereocenters. The maximum absolute atomic E-state index is 8.52. The third-order valence-corrected chi connectivity index (χ3v) is 1.45. The fourth-order valence-electron chi connectivity index (χ4n) is 0.889. The first-order valence-corrected chi connectivity index (χ1v) is 4.97. The van der Waals surface area contributed by atoms with Crippen LogP contribution in [0.2, 0.25) is 0 Å². The molecule has 0 aliphatic rings. The van der Waals surface area contributed by atoms with E-state index in [1.54, 1.807) is 20.8 Å². The zero-order chi connectivity index (χ0) is 11.2. The minimum absolute atomic E-state index is 0. The molecule has 0 fully saturated rings. The van der Waals surface area contributed by atoms with Crippen molar-refractivity contribution in [2.24, 2.45) is 0 Å². The van der Waals surface area contributed by atoms with Gasteiger partial charge in [0.15, 0.2) is 0 Å². The number of hydrogen-bond acceptors (Lipinski definition) is 2. The Morgan fingerprint density at radius 3 is 2.07 bits per heavy atom. The first-order valence-electron chi connectivity index (χ1n) is 4.97. The summed E-state index contributed by atoms with van der Waals surface area (Å²) in [6.07, 6.45) is 2.87. The van der Waals surface area contributed by atoms with Crippen LogP contribution in [0.3, 0.4) is 0 Å². The normalized spacial score (nSPS) is 9.73. The fourth-order valence-corrected chi connectivity index (χ4v) is 0.889. The van der Waals surface area contributed by atoms with Gasteiger partial charge in [0.2, 0.25) is 0 Å². The second-order valence-electron chi connectivity index (χ2n) is 4.29. The van der Waals surface area contributed by atoms with Gasteiger partial charge < -0.3 is 10.6 Å². The summed E-state index contributed by atoms with van der Waals surface area (Å²) in [5.74, 6) is 0. The average molecular weight is 213 g/mol. The molecular formula is C12H23NO2. The molecule has 0 radical (unpaired) electrons. The van der Waals surface area contributed by atoms with Crippen molar-refractivity contribution in [1.29, 1.82) is 0 Å². The average Bonchev–Trinajstić information content (AvgIpc) is 2.02. The number of aliphatic hydroxyl groups is 1. The summed E-state index contributed by atoms with van der Waals surface area (Å²) in [5, 5.41) is 8.52. The molecule has 3 nitrogen and oxygen atoms in total. The zero-order valence-electron chi connectivity index (χ0n) is 10.3. The van der Waals surface area contributed by atoms with Crippen LogP contribution in [0.15, 0.2) is 18.3 Å². The molecule has 88 valence electrons. The minimum Gasteiger partial charge on any atom is -0.412 e. The molecule has 0 amide bonds. The number of aryl methyl sites for hydroxylation is 2. The van der Waals surface area contributed by atoms with Crippen LogP contribution >= 0.6 is 0 Å². The number of hydrogen-bond donors (Lipinski definition) is 1. The highest BCUT2D eigenvalue weighted by molar-refractivity contribution is 5.16. The van der Waals surface area contributed by atoms with Gasteiger partial charge in [-0.25, -0.2) is 0 Å². The molecule has 0 aliphatic carbocycles. The van der Waals surface area contributed by atoms with Crippen LogP contribution in [-0.4, -0.2) is 21.2 Å². The predicted octanol–water partition coefficient (Wildman–Crippen LogP) is 1.90. The first-order chi connectivity index (χ1) is 6.34. The van der Waals surface area contributed by atoms with E-state index in [9.17, 15) is 0 Å². The van der Waals surface area contributed by atoms with Crippen molar-refractivity contribution in [3.05, 3.63) is 29.6 Å². The summed E-state index contributed by atoms with van der Waals surface area (Å²) in [6, 6.07) is 4.06. The van der Waals surface area contributed by atoms with E-state index in [1.807, 2.05) is 12.3 Å². The van der Waals surface area contributed by atoms with E-state index in [0.29, 0.717) is 0 Å². The second kappa shape index (κ2) is 7.37. The number of nitrogens with zero attached hydrogens (tertiary/aromatic N) is 1. The Balaban J connectivity index is 0. The molecular weight excluding hydrogens is 190 g/mol. The van der Waals surface area contributed by atoms with Gasteiger partial charge >= 0.3 is 0 Å². The van der Waals surface area contributed by atoms with Crippen molar-refractivity contribution >= 4 is 0 Å². The smallest absolute Gasteiger partial charge is 0.0563 e. The van der Waals surface area contributed by atoms with Gasteiger partial charge in [-0.1, -0.05) is 13.0 Å². The summed E-state index contributed by atoms with van der Waals surface area (Å²) in [5.41, 5.74) is 2.00. The number of rotatable bonds is 1. The second-order valence-corrected chi connectivity index (χ2v) is 4.29. The Morgan fingerprint density at radius 1 is 1.33 bits per heavy atom. The third kappa shape index (κ3) is 11.0. The highest BCUT2D eigenvalue weighted by atomic mass is 16.3. The maximum atomic E-state index is 8.52. The molecule has 3 heteroatoms. The molecule has 1 rings (SSSR count). The van der Waals surface area contributed by atoms with Crippen molar-refractivity contribution in [2.45, 2.75) is 46.6 Å². The van der Waals surface area contributed by atoms with Crippen LogP contribution in [0.4, 0.5) is 0 Å². The molecule has 1 aromatic heterocycles. The quantitative estimate of drug-likeness (QED) is 0.774. The van der Waals surface area contributed by atoms with E-state index in [2.05, 4.69) is 24.9 Å². The van der Waals surface area contributed by atoms with E-state index in [1.165, 1.54) is 11.3 Å². The van der Waals surface area contributed by atoms with Crippen LogP contribution in [-0.2, 0) is 6.42 Å². The molecule has 0 aromatic carbocycles. The first kappa shape index (κ1) is 16.5. The Bertz CT molecular complexity index is 261. The summed E-state index contributed by atoms with van der Waals surface area (Å²) in [4.78, 5) is 4.20. The van der Waals surface area contributed by atoms with Crippen LogP contribution in [0.1, 0.15) is 39.0 Å². The van der Waals surface area contributed by atoms with Gasteiger partial charge in [0.1, 0.15) is 0 Å². The van der Waals surface area contributed by atoms with Gasteiger partial charge in [-0.3, -0.25) is 4.98 Å². The summed E-state index contributed by atoms with van der Waals surface area (Å²) < 4.78 is 0. The third-order valence-electron chi connectivity index (χ3n) is 1.45. The molecule has 3 N–H and O–H groups in total.